The van der Waals surface area contributed by atoms with Crippen LogP contribution >= 0.6 is 11.6 Å². The van der Waals surface area contributed by atoms with Crippen molar-refractivity contribution in [1.82, 2.24) is 5.32 Å². The van der Waals surface area contributed by atoms with Gasteiger partial charge in [0.05, 0.1) is 6.04 Å². The van der Waals surface area contributed by atoms with Gasteiger partial charge in [-0.05, 0) is 43.2 Å². The molecule has 1 unspecified atom stereocenters. The first-order chi connectivity index (χ1) is 8.81. The SMILES string of the molecule is O=C(CCCCCl)NC1CCCc2ccccc21. The minimum atomic E-state index is 0.154. The maximum Gasteiger partial charge on any atom is 0.220 e. The minimum Gasteiger partial charge on any atom is -0.349 e. The van der Waals surface area contributed by atoms with Crippen molar-refractivity contribution in [2.75, 3.05) is 5.88 Å². The molecule has 0 aliphatic heterocycles. The number of rotatable bonds is 5. The predicted molar refractivity (Wildman–Crippen MR) is 74.8 cm³/mol. The molecule has 0 radical (unpaired) electrons. The summed E-state index contributed by atoms with van der Waals surface area (Å²) in [7, 11) is 0. The summed E-state index contributed by atoms with van der Waals surface area (Å²) < 4.78 is 0. The van der Waals surface area contributed by atoms with Crippen LogP contribution in [0.25, 0.3) is 0 Å². The maximum atomic E-state index is 11.8. The molecule has 0 saturated heterocycles. The smallest absolute Gasteiger partial charge is 0.220 e. The average molecular weight is 266 g/mol. The van der Waals surface area contributed by atoms with Crippen LogP contribution < -0.4 is 5.32 Å². The molecule has 18 heavy (non-hydrogen) atoms. The van der Waals surface area contributed by atoms with Crippen LogP contribution in [0.2, 0.25) is 0 Å². The molecule has 1 aliphatic carbocycles. The zero-order valence-corrected chi connectivity index (χ0v) is 11.4. The summed E-state index contributed by atoms with van der Waals surface area (Å²) in [4.78, 5) is 11.8. The van der Waals surface area contributed by atoms with Crippen molar-refractivity contribution in [2.45, 2.75) is 44.6 Å². The second kappa shape index (κ2) is 6.79. The van der Waals surface area contributed by atoms with Gasteiger partial charge in [-0.25, -0.2) is 0 Å². The molecule has 1 aliphatic rings. The van der Waals surface area contributed by atoms with Gasteiger partial charge in [0.15, 0.2) is 0 Å². The van der Waals surface area contributed by atoms with Crippen LogP contribution in [0.15, 0.2) is 24.3 Å². The lowest BCUT2D eigenvalue weighted by atomic mass is 9.87. The number of amides is 1. The molecule has 0 spiro atoms. The van der Waals surface area contributed by atoms with Crippen molar-refractivity contribution < 1.29 is 4.79 Å². The van der Waals surface area contributed by atoms with Crippen LogP contribution in [0.3, 0.4) is 0 Å². The molecule has 98 valence electrons. The van der Waals surface area contributed by atoms with Crippen molar-refractivity contribution in [3.63, 3.8) is 0 Å². The fourth-order valence-electron chi connectivity index (χ4n) is 2.55. The van der Waals surface area contributed by atoms with Crippen LogP contribution in [0.5, 0.6) is 0 Å². The summed E-state index contributed by atoms with van der Waals surface area (Å²) in [5, 5.41) is 3.15. The Morgan fingerprint density at radius 3 is 3.00 bits per heavy atom. The van der Waals surface area contributed by atoms with E-state index in [4.69, 9.17) is 11.6 Å². The van der Waals surface area contributed by atoms with Gasteiger partial charge >= 0.3 is 0 Å². The Hall–Kier alpha value is -1.02. The lowest BCUT2D eigenvalue weighted by Crippen LogP contribution is -2.30. The summed E-state index contributed by atoms with van der Waals surface area (Å²) in [5.41, 5.74) is 2.68. The van der Waals surface area contributed by atoms with E-state index in [2.05, 4.69) is 29.6 Å². The molecule has 1 aromatic rings. The van der Waals surface area contributed by atoms with Crippen LogP contribution in [0, 0.1) is 0 Å². The second-order valence-electron chi connectivity index (χ2n) is 4.86. The Morgan fingerprint density at radius 2 is 2.17 bits per heavy atom. The molecule has 1 N–H and O–H groups in total. The van der Waals surface area contributed by atoms with Gasteiger partial charge in [-0.15, -0.1) is 11.6 Å². The zero-order chi connectivity index (χ0) is 12.8. The Kier molecular flexibility index (Phi) is 5.06. The van der Waals surface area contributed by atoms with E-state index >= 15 is 0 Å². The van der Waals surface area contributed by atoms with Gasteiger partial charge in [0.1, 0.15) is 0 Å². The van der Waals surface area contributed by atoms with Gasteiger partial charge in [-0.1, -0.05) is 24.3 Å². The number of benzene rings is 1. The number of unbranched alkanes of at least 4 members (excludes halogenated alkanes) is 1. The van der Waals surface area contributed by atoms with Crippen molar-refractivity contribution in [3.8, 4) is 0 Å². The third kappa shape index (κ3) is 3.49. The first-order valence-corrected chi connectivity index (χ1v) is 7.28. The molecule has 0 heterocycles. The minimum absolute atomic E-state index is 0.154. The van der Waals surface area contributed by atoms with Gasteiger partial charge in [0, 0.05) is 12.3 Å². The molecular weight excluding hydrogens is 246 g/mol. The standard InChI is InChI=1S/C15H20ClNO/c16-11-4-3-10-15(18)17-14-9-5-7-12-6-1-2-8-13(12)14/h1-2,6,8,14H,3-5,7,9-11H2,(H,17,18). The maximum absolute atomic E-state index is 11.8. The van der Waals surface area contributed by atoms with Crippen LogP contribution in [0.1, 0.15) is 49.3 Å². The number of fused-ring (bicyclic) bond motifs is 1. The van der Waals surface area contributed by atoms with Gasteiger partial charge in [0.25, 0.3) is 0 Å². The zero-order valence-electron chi connectivity index (χ0n) is 10.6. The average Bonchev–Trinajstić information content (AvgIpc) is 2.39. The van der Waals surface area contributed by atoms with Crippen molar-refractivity contribution in [1.29, 1.82) is 0 Å². The van der Waals surface area contributed by atoms with Gasteiger partial charge in [-0.3, -0.25) is 4.79 Å². The van der Waals surface area contributed by atoms with E-state index in [-0.39, 0.29) is 11.9 Å². The van der Waals surface area contributed by atoms with E-state index in [0.29, 0.717) is 12.3 Å². The number of carbonyl (C=O) groups excluding carboxylic acids is 1. The first kappa shape index (κ1) is 13.4. The Morgan fingerprint density at radius 1 is 1.33 bits per heavy atom. The molecule has 1 aromatic carbocycles. The van der Waals surface area contributed by atoms with Gasteiger partial charge in [-0.2, -0.15) is 0 Å². The number of aryl methyl sites for hydroxylation is 1. The lowest BCUT2D eigenvalue weighted by molar-refractivity contribution is -0.122. The summed E-state index contributed by atoms with van der Waals surface area (Å²) in [6.45, 7) is 0. The highest BCUT2D eigenvalue weighted by molar-refractivity contribution is 6.17. The summed E-state index contributed by atoms with van der Waals surface area (Å²) in [5.74, 6) is 0.793. The van der Waals surface area contributed by atoms with Crippen LogP contribution in [-0.2, 0) is 11.2 Å². The first-order valence-electron chi connectivity index (χ1n) is 6.74. The molecule has 1 amide bonds. The van der Waals surface area contributed by atoms with E-state index in [9.17, 15) is 4.79 Å². The van der Waals surface area contributed by atoms with Crippen molar-refractivity contribution >= 4 is 17.5 Å². The molecule has 2 nitrogen and oxygen atoms in total. The van der Waals surface area contributed by atoms with E-state index in [1.165, 1.54) is 11.1 Å². The number of hydrogen-bond donors (Lipinski definition) is 1. The highest BCUT2D eigenvalue weighted by atomic mass is 35.5. The van der Waals surface area contributed by atoms with Crippen molar-refractivity contribution in [2.24, 2.45) is 0 Å². The van der Waals surface area contributed by atoms with Crippen molar-refractivity contribution in [3.05, 3.63) is 35.4 Å². The number of nitrogens with one attached hydrogen (secondary N) is 1. The van der Waals surface area contributed by atoms with Gasteiger partial charge < -0.3 is 5.32 Å². The van der Waals surface area contributed by atoms with E-state index in [1.807, 2.05) is 0 Å². The summed E-state index contributed by atoms with van der Waals surface area (Å²) in [6, 6.07) is 8.64. The lowest BCUT2D eigenvalue weighted by Gasteiger charge is -2.26. The molecule has 2 rings (SSSR count). The Bertz CT molecular complexity index is 405. The topological polar surface area (TPSA) is 29.1 Å². The quantitative estimate of drug-likeness (QED) is 0.640. The number of carbonyl (C=O) groups is 1. The monoisotopic (exact) mass is 265 g/mol. The fourth-order valence-corrected chi connectivity index (χ4v) is 2.74. The second-order valence-corrected chi connectivity index (χ2v) is 5.24. The van der Waals surface area contributed by atoms with Crippen LogP contribution in [-0.4, -0.2) is 11.8 Å². The molecule has 0 aromatic heterocycles. The number of hydrogen-bond acceptors (Lipinski definition) is 1. The molecular formula is C15H20ClNO. The third-order valence-corrected chi connectivity index (χ3v) is 3.76. The molecule has 1 atom stereocenters. The highest BCUT2D eigenvalue weighted by Crippen LogP contribution is 2.29. The predicted octanol–water partition coefficient (Wildman–Crippen LogP) is 3.59. The highest BCUT2D eigenvalue weighted by Gasteiger charge is 2.20. The molecule has 0 fully saturated rings. The number of halogens is 1. The molecule has 0 bridgehead atoms. The summed E-state index contributed by atoms with van der Waals surface area (Å²) in [6.07, 6.45) is 5.72. The third-order valence-electron chi connectivity index (χ3n) is 3.49. The van der Waals surface area contributed by atoms with Gasteiger partial charge in [0.2, 0.25) is 5.91 Å². The summed E-state index contributed by atoms with van der Waals surface area (Å²) >= 11 is 5.61. The van der Waals surface area contributed by atoms with E-state index < -0.39 is 0 Å². The number of alkyl halides is 1. The fraction of sp³-hybridized carbons (Fsp3) is 0.533. The van der Waals surface area contributed by atoms with E-state index in [1.54, 1.807) is 0 Å². The molecule has 3 heteroatoms. The largest absolute Gasteiger partial charge is 0.349 e. The normalized spacial score (nSPS) is 18.2. The molecule has 0 saturated carbocycles. The van der Waals surface area contributed by atoms with Crippen LogP contribution in [0.4, 0.5) is 0 Å². The Balaban J connectivity index is 1.92. The Labute approximate surface area is 114 Å². The van der Waals surface area contributed by atoms with E-state index in [0.717, 1.165) is 32.1 Å².